The molecule has 1 unspecified atom stereocenters. The van der Waals surface area contributed by atoms with Crippen LogP contribution in [0.3, 0.4) is 0 Å². The summed E-state index contributed by atoms with van der Waals surface area (Å²) in [7, 11) is 0. The van der Waals surface area contributed by atoms with Gasteiger partial charge >= 0.3 is 202 Å². The molecule has 0 aliphatic heterocycles. The summed E-state index contributed by atoms with van der Waals surface area (Å²) in [5, 5.41) is 2.85. The van der Waals surface area contributed by atoms with Crippen LogP contribution >= 0.6 is 0 Å². The van der Waals surface area contributed by atoms with Crippen LogP contribution in [0.4, 0.5) is 0 Å². The van der Waals surface area contributed by atoms with Gasteiger partial charge in [0.25, 0.3) is 0 Å². The normalized spacial score (nSPS) is 18.4. The van der Waals surface area contributed by atoms with Crippen LogP contribution in [0.5, 0.6) is 0 Å². The van der Waals surface area contributed by atoms with Crippen LogP contribution in [-0.4, -0.2) is 5.43 Å². The van der Waals surface area contributed by atoms with Crippen LogP contribution in [0.25, 0.3) is 14.1 Å². The van der Waals surface area contributed by atoms with Gasteiger partial charge < -0.3 is 0 Å². The fourth-order valence-corrected chi connectivity index (χ4v) is 25.1. The summed E-state index contributed by atoms with van der Waals surface area (Å²) in [5.41, 5.74) is 10.6. The Balaban J connectivity index is 1.81. The number of allylic oxidation sites excluding steroid dienone is 5. The molecule has 0 aromatic heterocycles. The third-order valence-corrected chi connectivity index (χ3v) is 26.1. The van der Waals surface area contributed by atoms with Gasteiger partial charge in [-0.2, -0.15) is 0 Å². The first-order chi connectivity index (χ1) is 15.4. The predicted molar refractivity (Wildman–Crippen MR) is 138 cm³/mol. The van der Waals surface area contributed by atoms with Crippen molar-refractivity contribution in [3.8, 4) is 0 Å². The number of benzene rings is 3. The van der Waals surface area contributed by atoms with Crippen molar-refractivity contribution in [1.82, 2.24) is 0 Å². The van der Waals surface area contributed by atoms with Crippen LogP contribution in [0.15, 0.2) is 95.1 Å². The van der Waals surface area contributed by atoms with E-state index in [1.54, 1.807) is 31.1 Å². The van der Waals surface area contributed by atoms with Crippen molar-refractivity contribution in [3.63, 3.8) is 0 Å². The Morgan fingerprint density at radius 3 is 2.00 bits per heavy atom. The molecule has 2 aliphatic carbocycles. The van der Waals surface area contributed by atoms with Gasteiger partial charge in [0, 0.05) is 0 Å². The third-order valence-electron chi connectivity index (χ3n) is 7.79. The van der Waals surface area contributed by atoms with E-state index in [0.29, 0.717) is 5.92 Å². The van der Waals surface area contributed by atoms with E-state index in [4.69, 9.17) is 0 Å². The average Bonchev–Trinajstić information content (AvgIpc) is 3.28. The average molecular weight is 512 g/mol. The molecule has 32 heavy (non-hydrogen) atoms. The molecular weight excluding hydrogens is 480 g/mol. The van der Waals surface area contributed by atoms with Gasteiger partial charge in [-0.15, -0.1) is 0 Å². The third kappa shape index (κ3) is 3.42. The molecule has 3 aromatic carbocycles. The summed E-state index contributed by atoms with van der Waals surface area (Å²) in [6.45, 7) is 14.8. The first-order valence-electron chi connectivity index (χ1n) is 11.7. The van der Waals surface area contributed by atoms with Gasteiger partial charge in [-0.3, -0.25) is 0 Å². The number of hydrogen-bond donors (Lipinski definition) is 0. The van der Waals surface area contributed by atoms with Gasteiger partial charge in [-0.05, 0) is 0 Å². The molecule has 0 radical (unpaired) electrons. The molecule has 1 atom stereocenters. The maximum atomic E-state index is 2.71. The molecule has 0 saturated carbocycles. The molecule has 0 amide bonds. The molecule has 0 N–H and O–H groups in total. The zero-order valence-electron chi connectivity index (χ0n) is 20.1. The second kappa shape index (κ2) is 8.54. The first kappa shape index (κ1) is 22.1. The number of rotatable bonds is 3. The molecule has 0 nitrogen and oxygen atoms in total. The summed E-state index contributed by atoms with van der Waals surface area (Å²) >= 11 is -2.03. The summed E-state index contributed by atoms with van der Waals surface area (Å²) in [5.74, 6) is 0.389. The minimum atomic E-state index is -2.03. The Labute approximate surface area is 201 Å². The van der Waals surface area contributed by atoms with Crippen molar-refractivity contribution in [2.75, 3.05) is 0 Å². The molecule has 3 aromatic rings. The van der Waals surface area contributed by atoms with E-state index in [1.807, 2.05) is 0 Å². The van der Waals surface area contributed by atoms with Gasteiger partial charge in [0.2, 0.25) is 0 Å². The van der Waals surface area contributed by atoms with Crippen LogP contribution in [0.1, 0.15) is 50.3 Å². The predicted octanol–water partition coefficient (Wildman–Crippen LogP) is 8.67. The van der Waals surface area contributed by atoms with Crippen LogP contribution in [0.2, 0.25) is 16.7 Å². The monoisotopic (exact) mass is 510 g/mol. The van der Waals surface area contributed by atoms with Crippen LogP contribution < -0.4 is 0 Å². The van der Waals surface area contributed by atoms with E-state index >= 15 is 0 Å². The molecule has 5 rings (SSSR count). The van der Waals surface area contributed by atoms with E-state index in [-0.39, 0.29) is 0 Å². The number of hydrogen-bond acceptors (Lipinski definition) is 0. The van der Waals surface area contributed by atoms with E-state index in [1.165, 1.54) is 21.9 Å². The van der Waals surface area contributed by atoms with E-state index < -0.39 is 25.8 Å². The second-order valence-corrected chi connectivity index (χ2v) is 27.0. The Bertz CT molecular complexity index is 1340. The molecule has 160 valence electrons. The fraction of sp³-hybridized carbons (Fsp3) is 0.267. The molecular formula is C30H32SiZr. The fourth-order valence-electron chi connectivity index (χ4n) is 5.84. The second-order valence-electron chi connectivity index (χ2n) is 9.68. The summed E-state index contributed by atoms with van der Waals surface area (Å²) in [4.78, 5) is 0. The zero-order valence-corrected chi connectivity index (χ0v) is 23.5. The van der Waals surface area contributed by atoms with Crippen molar-refractivity contribution in [3.05, 3.63) is 112 Å². The molecule has 2 heteroatoms. The summed E-state index contributed by atoms with van der Waals surface area (Å²) < 4.78 is 2.52. The Morgan fingerprint density at radius 1 is 0.719 bits per heavy atom. The Kier molecular flexibility index (Phi) is 5.89. The van der Waals surface area contributed by atoms with Crippen molar-refractivity contribution in [2.24, 2.45) is 0 Å². The van der Waals surface area contributed by atoms with E-state index in [2.05, 4.69) is 114 Å². The van der Waals surface area contributed by atoms with Gasteiger partial charge in [0.15, 0.2) is 0 Å². The zero-order chi connectivity index (χ0) is 22.6. The van der Waals surface area contributed by atoms with Crippen molar-refractivity contribution < 1.29 is 20.4 Å². The quantitative estimate of drug-likeness (QED) is 0.309. The van der Waals surface area contributed by atoms with Crippen molar-refractivity contribution >= 4 is 19.5 Å². The molecule has 0 saturated heterocycles. The van der Waals surface area contributed by atoms with Crippen LogP contribution in [-0.2, 0) is 20.4 Å². The van der Waals surface area contributed by atoms with Crippen molar-refractivity contribution in [1.29, 1.82) is 0 Å². The summed E-state index contributed by atoms with van der Waals surface area (Å²) in [6, 6.07) is 25.0. The van der Waals surface area contributed by atoms with Crippen LogP contribution in [0, 0.1) is 0 Å². The molecule has 0 fully saturated rings. The maximum absolute atomic E-state index is 2.71. The van der Waals surface area contributed by atoms with Gasteiger partial charge in [0.05, 0.1) is 0 Å². The molecule has 0 spiro atoms. The summed E-state index contributed by atoms with van der Waals surface area (Å²) in [6.07, 6.45) is 2.71. The Hall–Kier alpha value is -1.76. The standard InChI is InChI=1S/C19H13.C9H13.C2H6Si.Zr/c1-2-6-14(7-3-1)17-12-13-19-16-9-5-4-8-15(16)10-11-18(17)19;1-6-5-7(2)9(4)8(6)3;1-3-2;/h1-12,17H;5H,1-4H3;1-2H3;. The van der Waals surface area contributed by atoms with Crippen molar-refractivity contribution in [2.45, 2.75) is 50.3 Å². The van der Waals surface area contributed by atoms with Gasteiger partial charge in [0.1, 0.15) is 0 Å². The van der Waals surface area contributed by atoms with E-state index in [0.717, 1.165) is 3.63 Å². The van der Waals surface area contributed by atoms with Gasteiger partial charge in [-0.25, -0.2) is 0 Å². The van der Waals surface area contributed by atoms with Gasteiger partial charge in [-0.1, -0.05) is 0 Å². The van der Waals surface area contributed by atoms with E-state index in [9.17, 15) is 0 Å². The number of fused-ring (bicyclic) bond motifs is 3. The first-order valence-corrected chi connectivity index (χ1v) is 20.5. The Morgan fingerprint density at radius 2 is 1.34 bits per heavy atom. The molecule has 2 aliphatic rings. The SMILES string of the molecule is CC1=C(C)[CH]([Zr]([C]2=CC(c3ccccc3)c3ccc4ccccc4c32)=[Si](C)C)C(C)=C1C. The molecule has 0 heterocycles. The minimum absolute atomic E-state index is 0.389. The topological polar surface area (TPSA) is 0 Å². The molecule has 0 bridgehead atoms.